The van der Waals surface area contributed by atoms with Crippen molar-refractivity contribution >= 4 is 32.3 Å². The smallest absolute Gasteiger partial charge is 0.0920 e. The molecule has 3 nitrogen and oxygen atoms in total. The Labute approximate surface area is 121 Å². The molecule has 2 N–H and O–H groups in total. The first-order valence-electron chi connectivity index (χ1n) is 6.38. The molecule has 1 aliphatic rings. The van der Waals surface area contributed by atoms with E-state index in [0.29, 0.717) is 12.6 Å². The number of hydrogen-bond acceptors (Lipinski definition) is 4. The third-order valence-corrected chi connectivity index (χ3v) is 5.62. The van der Waals surface area contributed by atoms with Crippen LogP contribution in [-0.4, -0.2) is 37.4 Å². The fourth-order valence-electron chi connectivity index (χ4n) is 2.70. The Kier molecular flexibility index (Phi) is 4.69. The molecule has 0 aliphatic heterocycles. The lowest BCUT2D eigenvalue weighted by molar-refractivity contribution is 0.00203. The average Bonchev–Trinajstić information content (AvgIpc) is 2.76. The maximum atomic E-state index is 10.4. The molecule has 0 radical (unpaired) electrons. The van der Waals surface area contributed by atoms with Crippen molar-refractivity contribution in [1.29, 1.82) is 0 Å². The highest BCUT2D eigenvalue weighted by Gasteiger charge is 2.34. The molecule has 0 aromatic carbocycles. The zero-order chi connectivity index (χ0) is 13.2. The van der Waals surface area contributed by atoms with Crippen LogP contribution >= 0.6 is 27.3 Å². The van der Waals surface area contributed by atoms with E-state index in [4.69, 9.17) is 0 Å². The molecule has 0 bridgehead atoms. The van der Waals surface area contributed by atoms with E-state index in [1.165, 1.54) is 5.00 Å². The predicted octanol–water partition coefficient (Wildman–Crippen LogP) is 2.84. The number of likely N-dealkylation sites (N-methyl/N-ethyl adjacent to an activating group) is 1. The van der Waals surface area contributed by atoms with Gasteiger partial charge in [-0.25, -0.2) is 0 Å². The third-order valence-electron chi connectivity index (χ3n) is 3.84. The minimum atomic E-state index is -0.498. The van der Waals surface area contributed by atoms with Crippen LogP contribution in [0.15, 0.2) is 15.9 Å². The lowest BCUT2D eigenvalue weighted by Crippen LogP contribution is -2.46. The summed E-state index contributed by atoms with van der Waals surface area (Å²) in [5.74, 6) is 0. The minimum Gasteiger partial charge on any atom is -0.389 e. The Balaban J connectivity index is 1.93. The van der Waals surface area contributed by atoms with Gasteiger partial charge in [0, 0.05) is 29.5 Å². The second kappa shape index (κ2) is 5.90. The van der Waals surface area contributed by atoms with Crippen molar-refractivity contribution in [2.75, 3.05) is 25.5 Å². The minimum absolute atomic E-state index is 0.498. The number of anilines is 1. The third kappa shape index (κ3) is 3.26. The van der Waals surface area contributed by atoms with E-state index in [1.54, 1.807) is 11.3 Å². The van der Waals surface area contributed by atoms with Crippen molar-refractivity contribution in [2.24, 2.45) is 0 Å². The molecule has 5 heteroatoms. The van der Waals surface area contributed by atoms with Gasteiger partial charge in [-0.2, -0.15) is 0 Å². The molecule has 0 amide bonds. The second-order valence-electron chi connectivity index (χ2n) is 5.20. The van der Waals surface area contributed by atoms with Gasteiger partial charge < -0.3 is 15.3 Å². The highest BCUT2D eigenvalue weighted by molar-refractivity contribution is 9.10. The molecule has 1 saturated carbocycles. The summed E-state index contributed by atoms with van der Waals surface area (Å²) in [4.78, 5) is 2.36. The van der Waals surface area contributed by atoms with Crippen molar-refractivity contribution < 1.29 is 5.11 Å². The number of aliphatic hydroxyl groups is 1. The molecule has 0 spiro atoms. The summed E-state index contributed by atoms with van der Waals surface area (Å²) in [7, 11) is 4.06. The SMILES string of the molecule is CNCC1(O)CCC(N(C)c2cc(Br)cs2)CC1. The number of hydrogen-bond donors (Lipinski definition) is 2. The van der Waals surface area contributed by atoms with Crippen molar-refractivity contribution in [3.63, 3.8) is 0 Å². The molecule has 1 aromatic heterocycles. The van der Waals surface area contributed by atoms with Crippen LogP contribution in [0.25, 0.3) is 0 Å². The highest BCUT2D eigenvalue weighted by Crippen LogP contribution is 2.35. The van der Waals surface area contributed by atoms with Gasteiger partial charge in [0.1, 0.15) is 0 Å². The second-order valence-corrected chi connectivity index (χ2v) is 7.01. The number of thiophene rings is 1. The Morgan fingerprint density at radius 3 is 2.72 bits per heavy atom. The van der Waals surface area contributed by atoms with E-state index in [2.05, 4.69) is 44.6 Å². The molecular weight excluding hydrogens is 312 g/mol. The molecule has 1 heterocycles. The topological polar surface area (TPSA) is 35.5 Å². The fraction of sp³-hybridized carbons (Fsp3) is 0.692. The van der Waals surface area contributed by atoms with Crippen LogP contribution in [0.3, 0.4) is 0 Å². The lowest BCUT2D eigenvalue weighted by Gasteiger charge is -2.39. The first-order valence-corrected chi connectivity index (χ1v) is 8.05. The van der Waals surface area contributed by atoms with Crippen LogP contribution < -0.4 is 10.2 Å². The van der Waals surface area contributed by atoms with Gasteiger partial charge in [-0.15, -0.1) is 11.3 Å². The monoisotopic (exact) mass is 332 g/mol. The normalized spacial score (nSPS) is 28.3. The number of halogens is 1. The number of nitrogens with one attached hydrogen (secondary N) is 1. The van der Waals surface area contributed by atoms with Gasteiger partial charge in [0.05, 0.1) is 10.6 Å². The molecule has 0 atom stereocenters. The van der Waals surface area contributed by atoms with E-state index in [-0.39, 0.29) is 0 Å². The molecule has 2 rings (SSSR count). The van der Waals surface area contributed by atoms with Crippen LogP contribution in [0, 0.1) is 0 Å². The largest absolute Gasteiger partial charge is 0.389 e. The van der Waals surface area contributed by atoms with Crippen molar-refractivity contribution in [2.45, 2.75) is 37.3 Å². The van der Waals surface area contributed by atoms with Gasteiger partial charge in [0.2, 0.25) is 0 Å². The highest BCUT2D eigenvalue weighted by atomic mass is 79.9. The summed E-state index contributed by atoms with van der Waals surface area (Å²) in [5, 5.41) is 16.9. The van der Waals surface area contributed by atoms with Crippen LogP contribution in [-0.2, 0) is 0 Å². The van der Waals surface area contributed by atoms with Gasteiger partial charge in [-0.3, -0.25) is 0 Å². The molecular formula is C13H21BrN2OS. The Hall–Kier alpha value is -0.100. The quantitative estimate of drug-likeness (QED) is 0.889. The van der Waals surface area contributed by atoms with E-state index in [1.807, 2.05) is 7.05 Å². The zero-order valence-electron chi connectivity index (χ0n) is 10.9. The van der Waals surface area contributed by atoms with Gasteiger partial charge in [-0.1, -0.05) is 0 Å². The summed E-state index contributed by atoms with van der Waals surface area (Å²) >= 11 is 5.26. The maximum absolute atomic E-state index is 10.4. The molecule has 102 valence electrons. The first-order chi connectivity index (χ1) is 8.54. The molecule has 1 aliphatic carbocycles. The summed E-state index contributed by atoms with van der Waals surface area (Å²) < 4.78 is 1.15. The van der Waals surface area contributed by atoms with E-state index in [9.17, 15) is 5.11 Å². The van der Waals surface area contributed by atoms with Gasteiger partial charge in [0.25, 0.3) is 0 Å². The Morgan fingerprint density at radius 2 is 2.22 bits per heavy atom. The Morgan fingerprint density at radius 1 is 1.56 bits per heavy atom. The zero-order valence-corrected chi connectivity index (χ0v) is 13.4. The Bertz CT molecular complexity index is 388. The van der Waals surface area contributed by atoms with Crippen molar-refractivity contribution in [3.05, 3.63) is 15.9 Å². The summed E-state index contributed by atoms with van der Waals surface area (Å²) in [6.07, 6.45) is 3.89. The lowest BCUT2D eigenvalue weighted by atomic mass is 9.81. The van der Waals surface area contributed by atoms with Crippen LogP contribution in [0.4, 0.5) is 5.00 Å². The predicted molar refractivity (Wildman–Crippen MR) is 81.6 cm³/mol. The summed E-state index contributed by atoms with van der Waals surface area (Å²) in [5.41, 5.74) is -0.498. The van der Waals surface area contributed by atoms with Crippen LogP contribution in [0.1, 0.15) is 25.7 Å². The fourth-order valence-corrected chi connectivity index (χ4v) is 4.16. The van der Waals surface area contributed by atoms with Crippen LogP contribution in [0.5, 0.6) is 0 Å². The van der Waals surface area contributed by atoms with E-state index in [0.717, 1.165) is 30.2 Å². The average molecular weight is 333 g/mol. The summed E-state index contributed by atoms with van der Waals surface area (Å²) in [6.45, 7) is 0.702. The number of rotatable bonds is 4. The van der Waals surface area contributed by atoms with Gasteiger partial charge >= 0.3 is 0 Å². The molecule has 0 saturated heterocycles. The molecule has 1 fully saturated rings. The summed E-state index contributed by atoms with van der Waals surface area (Å²) in [6, 6.07) is 2.71. The van der Waals surface area contributed by atoms with Gasteiger partial charge in [-0.05, 0) is 54.7 Å². The van der Waals surface area contributed by atoms with Gasteiger partial charge in [0.15, 0.2) is 0 Å². The number of nitrogens with zero attached hydrogens (tertiary/aromatic N) is 1. The van der Waals surface area contributed by atoms with E-state index >= 15 is 0 Å². The first kappa shape index (κ1) is 14.3. The molecule has 1 aromatic rings. The molecule has 18 heavy (non-hydrogen) atoms. The maximum Gasteiger partial charge on any atom is 0.0920 e. The van der Waals surface area contributed by atoms with Crippen LogP contribution in [0.2, 0.25) is 0 Å². The molecule has 0 unspecified atom stereocenters. The van der Waals surface area contributed by atoms with Crippen molar-refractivity contribution in [1.82, 2.24) is 5.32 Å². The standard InChI is InChI=1S/C13H21BrN2OS/c1-15-9-13(17)5-3-11(4-6-13)16(2)12-7-10(14)8-18-12/h7-8,11,15,17H,3-6,9H2,1-2H3. The van der Waals surface area contributed by atoms with E-state index < -0.39 is 5.60 Å². The van der Waals surface area contributed by atoms with Crippen molar-refractivity contribution in [3.8, 4) is 0 Å².